The fourth-order valence-corrected chi connectivity index (χ4v) is 2.25. The molecule has 0 atom stereocenters. The summed E-state index contributed by atoms with van der Waals surface area (Å²) in [6.07, 6.45) is 9.02. The topological polar surface area (TPSA) is 51.0 Å². The molecular weight excluding hydrogens is 226 g/mol. The lowest BCUT2D eigenvalue weighted by Gasteiger charge is -2.19. The van der Waals surface area contributed by atoms with Gasteiger partial charge in [0.1, 0.15) is 5.88 Å². The molecule has 0 radical (unpaired) electrons. The number of hydrogen-bond acceptors (Lipinski definition) is 4. The maximum atomic E-state index is 5.61. The van der Waals surface area contributed by atoms with Gasteiger partial charge >= 0.3 is 6.01 Å². The van der Waals surface area contributed by atoms with Crippen LogP contribution in [0, 0.1) is 0 Å². The second-order valence-electron chi connectivity index (χ2n) is 4.32. The Hall–Kier alpha value is -0.770. The Kier molecular flexibility index (Phi) is 4.45. The number of halogens is 1. The highest BCUT2D eigenvalue weighted by atomic mass is 35.5. The minimum absolute atomic E-state index is 0.277. The third kappa shape index (κ3) is 3.37. The van der Waals surface area contributed by atoms with Gasteiger partial charge < -0.3 is 9.73 Å². The zero-order valence-corrected chi connectivity index (χ0v) is 10.2. The van der Waals surface area contributed by atoms with E-state index in [0.717, 1.165) is 0 Å². The quantitative estimate of drug-likeness (QED) is 0.828. The molecule has 90 valence electrons. The van der Waals surface area contributed by atoms with Crippen LogP contribution in [0.15, 0.2) is 4.42 Å². The van der Waals surface area contributed by atoms with Crippen molar-refractivity contribution in [3.63, 3.8) is 0 Å². The van der Waals surface area contributed by atoms with Gasteiger partial charge in [0.25, 0.3) is 0 Å². The van der Waals surface area contributed by atoms with Crippen LogP contribution in [-0.2, 0) is 5.88 Å². The molecule has 1 aliphatic carbocycles. The van der Waals surface area contributed by atoms with E-state index in [4.69, 9.17) is 16.0 Å². The minimum Gasteiger partial charge on any atom is -0.407 e. The Morgan fingerprint density at radius 3 is 2.44 bits per heavy atom. The van der Waals surface area contributed by atoms with Crippen LogP contribution in [0.5, 0.6) is 0 Å². The summed E-state index contributed by atoms with van der Waals surface area (Å²) in [6, 6.07) is 0.991. The fraction of sp³-hybridized carbons (Fsp3) is 0.818. The predicted molar refractivity (Wildman–Crippen MR) is 63.6 cm³/mol. The van der Waals surface area contributed by atoms with E-state index in [9.17, 15) is 0 Å². The molecule has 2 rings (SSSR count). The first-order chi connectivity index (χ1) is 7.88. The Balaban J connectivity index is 1.86. The van der Waals surface area contributed by atoms with Gasteiger partial charge in [-0.3, -0.25) is 0 Å². The molecule has 1 saturated carbocycles. The van der Waals surface area contributed by atoms with Gasteiger partial charge in [-0.15, -0.1) is 16.7 Å². The van der Waals surface area contributed by atoms with Crippen molar-refractivity contribution in [3.05, 3.63) is 5.89 Å². The average Bonchev–Trinajstić information content (AvgIpc) is 2.69. The normalized spacial score (nSPS) is 19.1. The van der Waals surface area contributed by atoms with Gasteiger partial charge in [-0.2, -0.15) is 0 Å². The number of nitrogens with one attached hydrogen (secondary N) is 1. The van der Waals surface area contributed by atoms with E-state index in [2.05, 4.69) is 15.5 Å². The lowest BCUT2D eigenvalue weighted by atomic mass is 9.97. The van der Waals surface area contributed by atoms with Crippen LogP contribution >= 0.6 is 11.6 Å². The zero-order chi connectivity index (χ0) is 11.2. The van der Waals surface area contributed by atoms with Crippen LogP contribution in [0.1, 0.15) is 50.8 Å². The average molecular weight is 244 g/mol. The number of alkyl halides is 1. The van der Waals surface area contributed by atoms with Crippen molar-refractivity contribution in [1.29, 1.82) is 0 Å². The molecule has 16 heavy (non-hydrogen) atoms. The summed E-state index contributed by atoms with van der Waals surface area (Å²) in [7, 11) is 0. The van der Waals surface area contributed by atoms with Gasteiger partial charge in [0.15, 0.2) is 0 Å². The second-order valence-corrected chi connectivity index (χ2v) is 4.59. The van der Waals surface area contributed by atoms with Crippen LogP contribution in [0.2, 0.25) is 0 Å². The molecule has 1 N–H and O–H groups in total. The zero-order valence-electron chi connectivity index (χ0n) is 9.41. The largest absolute Gasteiger partial charge is 0.407 e. The minimum atomic E-state index is 0.277. The Labute approximate surface area is 101 Å². The second kappa shape index (κ2) is 6.09. The Bertz CT molecular complexity index is 308. The first-order valence-corrected chi connectivity index (χ1v) is 6.57. The molecule has 1 aliphatic rings. The maximum Gasteiger partial charge on any atom is 0.315 e. The van der Waals surface area contributed by atoms with Crippen molar-refractivity contribution in [2.45, 2.75) is 56.9 Å². The van der Waals surface area contributed by atoms with Crippen molar-refractivity contribution in [3.8, 4) is 0 Å². The molecular formula is C11H18ClN3O. The summed E-state index contributed by atoms with van der Waals surface area (Å²) in [5, 5.41) is 11.1. The van der Waals surface area contributed by atoms with Crippen LogP contribution < -0.4 is 5.32 Å². The number of aromatic nitrogens is 2. The monoisotopic (exact) mass is 243 g/mol. The summed E-state index contributed by atoms with van der Waals surface area (Å²) in [5.74, 6) is 0.759. The molecule has 1 fully saturated rings. The lowest BCUT2D eigenvalue weighted by Crippen LogP contribution is -2.20. The highest BCUT2D eigenvalue weighted by Crippen LogP contribution is 2.20. The van der Waals surface area contributed by atoms with E-state index >= 15 is 0 Å². The molecule has 1 heterocycles. The molecule has 0 unspecified atom stereocenters. The molecule has 0 aromatic carbocycles. The van der Waals surface area contributed by atoms with E-state index in [-0.39, 0.29) is 5.88 Å². The number of hydrogen-bond donors (Lipinski definition) is 1. The Morgan fingerprint density at radius 2 is 1.81 bits per heavy atom. The summed E-state index contributed by atoms with van der Waals surface area (Å²) < 4.78 is 5.34. The van der Waals surface area contributed by atoms with Crippen molar-refractivity contribution in [1.82, 2.24) is 10.2 Å². The van der Waals surface area contributed by atoms with Crippen molar-refractivity contribution in [2.75, 3.05) is 5.32 Å². The fourth-order valence-electron chi connectivity index (χ4n) is 2.14. The third-order valence-electron chi connectivity index (χ3n) is 3.01. The van der Waals surface area contributed by atoms with Crippen molar-refractivity contribution >= 4 is 17.6 Å². The molecule has 0 spiro atoms. The molecule has 0 aliphatic heterocycles. The highest BCUT2D eigenvalue weighted by molar-refractivity contribution is 6.16. The lowest BCUT2D eigenvalue weighted by molar-refractivity contribution is 0.453. The number of rotatable bonds is 3. The van der Waals surface area contributed by atoms with Crippen LogP contribution in [0.3, 0.4) is 0 Å². The molecule has 4 nitrogen and oxygen atoms in total. The van der Waals surface area contributed by atoms with E-state index in [0.29, 0.717) is 17.9 Å². The molecule has 0 bridgehead atoms. The smallest absolute Gasteiger partial charge is 0.315 e. The van der Waals surface area contributed by atoms with E-state index < -0.39 is 0 Å². The highest BCUT2D eigenvalue weighted by Gasteiger charge is 2.14. The van der Waals surface area contributed by atoms with Gasteiger partial charge in [-0.1, -0.05) is 37.2 Å². The van der Waals surface area contributed by atoms with E-state index in [1.807, 2.05) is 0 Å². The number of anilines is 1. The molecule has 0 saturated heterocycles. The SMILES string of the molecule is ClCc1nnc(NC2CCCCCCC2)o1. The van der Waals surface area contributed by atoms with Crippen molar-refractivity contribution < 1.29 is 4.42 Å². The summed E-state index contributed by atoms with van der Waals surface area (Å²) >= 11 is 5.61. The standard InChI is InChI=1S/C11H18ClN3O/c12-8-10-14-15-11(16-10)13-9-6-4-2-1-3-5-7-9/h9H,1-8H2,(H,13,15). The first-order valence-electron chi connectivity index (χ1n) is 6.03. The summed E-state index contributed by atoms with van der Waals surface area (Å²) in [6.45, 7) is 0. The number of nitrogens with zero attached hydrogens (tertiary/aromatic N) is 2. The van der Waals surface area contributed by atoms with Crippen molar-refractivity contribution in [2.24, 2.45) is 0 Å². The summed E-state index contributed by atoms with van der Waals surface area (Å²) in [4.78, 5) is 0. The van der Waals surface area contributed by atoms with Gasteiger partial charge in [-0.05, 0) is 12.8 Å². The molecule has 0 amide bonds. The van der Waals surface area contributed by atoms with Gasteiger partial charge in [0, 0.05) is 6.04 Å². The third-order valence-corrected chi connectivity index (χ3v) is 3.24. The first kappa shape index (κ1) is 11.7. The molecule has 1 aromatic heterocycles. The molecule has 5 heteroatoms. The van der Waals surface area contributed by atoms with Crippen LogP contribution in [-0.4, -0.2) is 16.2 Å². The predicted octanol–water partition coefficient (Wildman–Crippen LogP) is 3.33. The maximum absolute atomic E-state index is 5.61. The Morgan fingerprint density at radius 1 is 1.12 bits per heavy atom. The van der Waals surface area contributed by atoms with E-state index in [1.54, 1.807) is 0 Å². The van der Waals surface area contributed by atoms with Crippen LogP contribution in [0.4, 0.5) is 6.01 Å². The molecule has 1 aromatic rings. The van der Waals surface area contributed by atoms with Gasteiger partial charge in [0.2, 0.25) is 5.89 Å². The van der Waals surface area contributed by atoms with Gasteiger partial charge in [-0.25, -0.2) is 0 Å². The van der Waals surface area contributed by atoms with Gasteiger partial charge in [0.05, 0.1) is 0 Å². The van der Waals surface area contributed by atoms with E-state index in [1.165, 1.54) is 44.9 Å². The van der Waals surface area contributed by atoms with Crippen LogP contribution in [0.25, 0.3) is 0 Å². The summed E-state index contributed by atoms with van der Waals surface area (Å²) in [5.41, 5.74) is 0.